The van der Waals surface area contributed by atoms with Gasteiger partial charge in [-0.05, 0) is 36.7 Å². The number of aromatic nitrogens is 3. The Balaban J connectivity index is 1.57. The van der Waals surface area contributed by atoms with Crippen LogP contribution in [-0.4, -0.2) is 21.0 Å². The van der Waals surface area contributed by atoms with Gasteiger partial charge in [-0.2, -0.15) is 0 Å². The van der Waals surface area contributed by atoms with Crippen molar-refractivity contribution in [2.24, 2.45) is 11.8 Å². The molecule has 4 nitrogen and oxygen atoms in total. The van der Waals surface area contributed by atoms with Crippen LogP contribution in [0, 0.1) is 11.8 Å². The molecule has 3 unspecified atom stereocenters. The first kappa shape index (κ1) is 13.1. The first-order valence-electron chi connectivity index (χ1n) is 8.52. The monoisotopic (exact) mass is 304 g/mol. The molecular weight excluding hydrogens is 284 g/mol. The zero-order valence-corrected chi connectivity index (χ0v) is 13.0. The van der Waals surface area contributed by atoms with E-state index < -0.39 is 0 Å². The molecule has 2 saturated carbocycles. The SMILES string of the molecule is c1ccc(-c2c[nH]c3ncnc(NC4CC5CCC4C5)c23)cc1. The molecule has 5 rings (SSSR count). The maximum Gasteiger partial charge on any atom is 0.143 e. The van der Waals surface area contributed by atoms with E-state index in [4.69, 9.17) is 0 Å². The smallest absolute Gasteiger partial charge is 0.143 e. The average Bonchev–Trinajstić information content (AvgIpc) is 3.31. The molecule has 0 amide bonds. The van der Waals surface area contributed by atoms with E-state index in [1.54, 1.807) is 6.33 Å². The normalized spacial score (nSPS) is 26.0. The summed E-state index contributed by atoms with van der Waals surface area (Å²) >= 11 is 0. The lowest BCUT2D eigenvalue weighted by molar-refractivity contribution is 0.439. The summed E-state index contributed by atoms with van der Waals surface area (Å²) in [5.74, 6) is 2.73. The van der Waals surface area contributed by atoms with Gasteiger partial charge in [-0.25, -0.2) is 9.97 Å². The van der Waals surface area contributed by atoms with Crippen molar-refractivity contribution in [1.29, 1.82) is 0 Å². The molecular formula is C19H20N4. The van der Waals surface area contributed by atoms with Crippen molar-refractivity contribution in [3.63, 3.8) is 0 Å². The number of nitrogens with one attached hydrogen (secondary N) is 2. The minimum atomic E-state index is 0.574. The molecule has 2 heterocycles. The fraction of sp³-hybridized carbons (Fsp3) is 0.368. The molecule has 3 aromatic rings. The fourth-order valence-electron chi connectivity index (χ4n) is 4.51. The Morgan fingerprint density at radius 2 is 1.96 bits per heavy atom. The summed E-state index contributed by atoms with van der Waals surface area (Å²) in [6.07, 6.45) is 9.17. The Morgan fingerprint density at radius 3 is 2.74 bits per heavy atom. The van der Waals surface area contributed by atoms with E-state index in [1.165, 1.54) is 36.8 Å². The standard InChI is InChI=1S/C19H20N4/c1-2-4-13(5-3-1)15-10-20-18-17(15)19(22-11-21-18)23-16-9-12-6-7-14(16)8-12/h1-5,10-12,14,16H,6-9H2,(H2,20,21,22,23). The van der Waals surface area contributed by atoms with Crippen molar-refractivity contribution in [3.05, 3.63) is 42.9 Å². The van der Waals surface area contributed by atoms with E-state index >= 15 is 0 Å². The van der Waals surface area contributed by atoms with E-state index in [0.29, 0.717) is 6.04 Å². The lowest BCUT2D eigenvalue weighted by Crippen LogP contribution is -2.26. The highest BCUT2D eigenvalue weighted by molar-refractivity contribution is 6.00. The largest absolute Gasteiger partial charge is 0.366 e. The van der Waals surface area contributed by atoms with Gasteiger partial charge in [-0.1, -0.05) is 36.8 Å². The Bertz CT molecular complexity index is 839. The van der Waals surface area contributed by atoms with Crippen LogP contribution in [0.4, 0.5) is 5.82 Å². The van der Waals surface area contributed by atoms with E-state index in [-0.39, 0.29) is 0 Å². The molecule has 0 radical (unpaired) electrons. The van der Waals surface area contributed by atoms with Crippen LogP contribution >= 0.6 is 0 Å². The summed E-state index contributed by atoms with van der Waals surface area (Å²) in [7, 11) is 0. The highest BCUT2D eigenvalue weighted by atomic mass is 15.1. The summed E-state index contributed by atoms with van der Waals surface area (Å²) in [6, 6.07) is 11.0. The van der Waals surface area contributed by atoms with E-state index in [2.05, 4.69) is 44.5 Å². The second kappa shape index (κ2) is 5.08. The van der Waals surface area contributed by atoms with Crippen LogP contribution in [0.5, 0.6) is 0 Å². The predicted molar refractivity (Wildman–Crippen MR) is 92.2 cm³/mol. The van der Waals surface area contributed by atoms with Crippen LogP contribution in [0.25, 0.3) is 22.2 Å². The van der Waals surface area contributed by atoms with Crippen molar-refractivity contribution < 1.29 is 0 Å². The van der Waals surface area contributed by atoms with Crippen LogP contribution in [0.2, 0.25) is 0 Å². The van der Waals surface area contributed by atoms with Crippen molar-refractivity contribution in [2.75, 3.05) is 5.32 Å². The molecule has 23 heavy (non-hydrogen) atoms. The van der Waals surface area contributed by atoms with Gasteiger partial charge >= 0.3 is 0 Å². The van der Waals surface area contributed by atoms with Gasteiger partial charge in [0.2, 0.25) is 0 Å². The minimum Gasteiger partial charge on any atom is -0.366 e. The third-order valence-corrected chi connectivity index (χ3v) is 5.61. The number of hydrogen-bond donors (Lipinski definition) is 2. The average molecular weight is 304 g/mol. The van der Waals surface area contributed by atoms with E-state index in [9.17, 15) is 0 Å². The molecule has 2 aliphatic rings. The Morgan fingerprint density at radius 1 is 1.04 bits per heavy atom. The number of aromatic amines is 1. The minimum absolute atomic E-state index is 0.574. The number of rotatable bonds is 3. The van der Waals surface area contributed by atoms with Crippen LogP contribution in [0.15, 0.2) is 42.9 Å². The molecule has 1 aromatic carbocycles. The van der Waals surface area contributed by atoms with Crippen LogP contribution < -0.4 is 5.32 Å². The van der Waals surface area contributed by atoms with Crippen LogP contribution in [0.1, 0.15) is 25.7 Å². The van der Waals surface area contributed by atoms with Crippen molar-refractivity contribution >= 4 is 16.9 Å². The highest BCUT2D eigenvalue weighted by Crippen LogP contribution is 2.46. The molecule has 2 aliphatic carbocycles. The number of anilines is 1. The number of benzene rings is 1. The maximum absolute atomic E-state index is 4.57. The van der Waals surface area contributed by atoms with Gasteiger partial charge in [0, 0.05) is 17.8 Å². The van der Waals surface area contributed by atoms with Gasteiger partial charge < -0.3 is 10.3 Å². The molecule has 2 N–H and O–H groups in total. The summed E-state index contributed by atoms with van der Waals surface area (Å²) in [4.78, 5) is 12.3. The van der Waals surface area contributed by atoms with E-state index in [1.807, 2.05) is 12.3 Å². The Labute approximate surface area is 135 Å². The Hall–Kier alpha value is -2.36. The van der Waals surface area contributed by atoms with Crippen molar-refractivity contribution in [2.45, 2.75) is 31.7 Å². The number of nitrogens with zero attached hydrogens (tertiary/aromatic N) is 2. The zero-order valence-electron chi connectivity index (χ0n) is 13.0. The quantitative estimate of drug-likeness (QED) is 0.761. The third-order valence-electron chi connectivity index (χ3n) is 5.61. The molecule has 2 aromatic heterocycles. The second-order valence-electron chi connectivity index (χ2n) is 6.94. The Kier molecular flexibility index (Phi) is 2.90. The lowest BCUT2D eigenvalue weighted by Gasteiger charge is -2.23. The first-order chi connectivity index (χ1) is 11.4. The van der Waals surface area contributed by atoms with Gasteiger partial charge in [-0.3, -0.25) is 0 Å². The summed E-state index contributed by atoms with van der Waals surface area (Å²) < 4.78 is 0. The highest BCUT2D eigenvalue weighted by Gasteiger charge is 2.39. The molecule has 0 saturated heterocycles. The first-order valence-corrected chi connectivity index (χ1v) is 8.52. The number of fused-ring (bicyclic) bond motifs is 3. The van der Waals surface area contributed by atoms with Crippen molar-refractivity contribution in [1.82, 2.24) is 15.0 Å². The topological polar surface area (TPSA) is 53.6 Å². The van der Waals surface area contributed by atoms with Crippen LogP contribution in [0.3, 0.4) is 0 Å². The molecule has 3 atom stereocenters. The molecule has 4 heteroatoms. The molecule has 2 fully saturated rings. The van der Waals surface area contributed by atoms with Gasteiger partial charge in [0.05, 0.1) is 5.39 Å². The molecule has 0 aliphatic heterocycles. The summed E-state index contributed by atoms with van der Waals surface area (Å²) in [5.41, 5.74) is 3.28. The van der Waals surface area contributed by atoms with Gasteiger partial charge in [0.1, 0.15) is 17.8 Å². The fourth-order valence-corrected chi connectivity index (χ4v) is 4.51. The zero-order chi connectivity index (χ0) is 15.2. The van der Waals surface area contributed by atoms with Gasteiger partial charge in [-0.15, -0.1) is 0 Å². The van der Waals surface area contributed by atoms with Crippen LogP contribution in [-0.2, 0) is 0 Å². The van der Waals surface area contributed by atoms with Crippen molar-refractivity contribution in [3.8, 4) is 11.1 Å². The molecule has 2 bridgehead atoms. The lowest BCUT2D eigenvalue weighted by atomic mass is 9.95. The summed E-state index contributed by atoms with van der Waals surface area (Å²) in [6.45, 7) is 0. The van der Waals surface area contributed by atoms with Gasteiger partial charge in [0.25, 0.3) is 0 Å². The molecule has 0 spiro atoms. The number of hydrogen-bond acceptors (Lipinski definition) is 3. The maximum atomic E-state index is 4.57. The predicted octanol–water partition coefficient (Wildman–Crippen LogP) is 4.23. The second-order valence-corrected chi connectivity index (χ2v) is 6.94. The summed E-state index contributed by atoms with van der Waals surface area (Å²) in [5, 5.41) is 4.85. The van der Waals surface area contributed by atoms with Gasteiger partial charge in [0.15, 0.2) is 0 Å². The molecule has 116 valence electrons. The number of H-pyrrole nitrogens is 1. The third kappa shape index (κ3) is 2.12. The van der Waals surface area contributed by atoms with E-state index in [0.717, 1.165) is 28.7 Å².